The Labute approximate surface area is 209 Å². The van der Waals surface area contributed by atoms with Crippen LogP contribution in [0, 0.1) is 0 Å². The molecule has 0 bridgehead atoms. The van der Waals surface area contributed by atoms with Crippen molar-refractivity contribution in [2.45, 2.75) is 39.3 Å². The number of nitrogens with zero attached hydrogens (tertiary/aromatic N) is 2. The van der Waals surface area contributed by atoms with E-state index in [1.807, 2.05) is 79.7 Å². The van der Waals surface area contributed by atoms with E-state index in [-0.39, 0.29) is 30.4 Å². The summed E-state index contributed by atoms with van der Waals surface area (Å²) in [6.45, 7) is 3.03. The molecule has 0 fully saturated rings. The van der Waals surface area contributed by atoms with Gasteiger partial charge in [-0.3, -0.25) is 19.1 Å². The number of nitrogen functional groups attached to an aromatic ring is 1. The van der Waals surface area contributed by atoms with Gasteiger partial charge in [-0.15, -0.1) is 0 Å². The molecule has 1 aromatic heterocycles. The van der Waals surface area contributed by atoms with Crippen molar-refractivity contribution in [3.63, 3.8) is 0 Å². The predicted octanol–water partition coefficient (Wildman–Crippen LogP) is 4.11. The Morgan fingerprint density at radius 3 is 2.50 bits per heavy atom. The number of rotatable bonds is 10. The van der Waals surface area contributed by atoms with Gasteiger partial charge in [0.05, 0.1) is 0 Å². The number of hydrogen-bond acceptors (Lipinski definition) is 5. The first kappa shape index (κ1) is 24.8. The van der Waals surface area contributed by atoms with Crippen LogP contribution in [0.1, 0.15) is 31.7 Å². The van der Waals surface area contributed by atoms with Crippen LogP contribution in [0.4, 0.5) is 17.2 Å². The zero-order chi connectivity index (χ0) is 25.5. The van der Waals surface area contributed by atoms with E-state index >= 15 is 0 Å². The highest BCUT2D eigenvalue weighted by atomic mass is 16.2. The number of carbonyl (C=O) groups excluding carboxylic acids is 1. The molecule has 0 aliphatic heterocycles. The minimum atomic E-state index is -0.560. The molecule has 0 aliphatic rings. The summed E-state index contributed by atoms with van der Waals surface area (Å²) in [5.41, 5.74) is 7.18. The largest absolute Gasteiger partial charge is 0.383 e. The van der Waals surface area contributed by atoms with Crippen LogP contribution in [0.25, 0.3) is 10.8 Å². The molecule has 4 N–H and O–H groups in total. The molecule has 8 heteroatoms. The molecule has 186 valence electrons. The van der Waals surface area contributed by atoms with Gasteiger partial charge in [-0.2, -0.15) is 0 Å². The predicted molar refractivity (Wildman–Crippen MR) is 145 cm³/mol. The van der Waals surface area contributed by atoms with Crippen molar-refractivity contribution >= 4 is 33.9 Å². The number of unbranched alkanes of at least 4 members (excludes halogenated alkanes) is 1. The van der Waals surface area contributed by atoms with Gasteiger partial charge in [0.15, 0.2) is 0 Å². The van der Waals surface area contributed by atoms with Crippen molar-refractivity contribution < 1.29 is 4.79 Å². The van der Waals surface area contributed by atoms with E-state index in [1.54, 1.807) is 4.90 Å². The lowest BCUT2D eigenvalue weighted by Gasteiger charge is -2.26. The third-order valence-corrected chi connectivity index (χ3v) is 6.15. The number of benzene rings is 3. The van der Waals surface area contributed by atoms with Gasteiger partial charge in [0.1, 0.15) is 11.5 Å². The molecule has 0 saturated carbocycles. The fourth-order valence-electron chi connectivity index (χ4n) is 4.28. The lowest BCUT2D eigenvalue weighted by atomic mass is 10.1. The van der Waals surface area contributed by atoms with Crippen LogP contribution in [0.15, 0.2) is 82.4 Å². The minimum absolute atomic E-state index is 0.114. The maximum Gasteiger partial charge on any atom is 0.330 e. The quantitative estimate of drug-likeness (QED) is 0.313. The average Bonchev–Trinajstić information content (AvgIpc) is 2.88. The van der Waals surface area contributed by atoms with E-state index < -0.39 is 11.2 Å². The molecule has 1 heterocycles. The van der Waals surface area contributed by atoms with Crippen LogP contribution in [0.5, 0.6) is 0 Å². The molecule has 0 aliphatic carbocycles. The average molecular weight is 486 g/mol. The van der Waals surface area contributed by atoms with Crippen LogP contribution in [0.3, 0.4) is 0 Å². The van der Waals surface area contributed by atoms with E-state index in [0.29, 0.717) is 13.1 Å². The van der Waals surface area contributed by atoms with Crippen LogP contribution in [0.2, 0.25) is 0 Å². The van der Waals surface area contributed by atoms with Crippen molar-refractivity contribution in [3.05, 3.63) is 99.2 Å². The van der Waals surface area contributed by atoms with Crippen LogP contribution in [-0.4, -0.2) is 22.0 Å². The Morgan fingerprint density at radius 2 is 1.72 bits per heavy atom. The summed E-state index contributed by atoms with van der Waals surface area (Å²) in [5.74, 6) is -0.0682. The lowest BCUT2D eigenvalue weighted by molar-refractivity contribution is -0.116. The molecule has 4 rings (SSSR count). The molecule has 0 spiro atoms. The van der Waals surface area contributed by atoms with Gasteiger partial charge in [0, 0.05) is 37.1 Å². The first-order valence-corrected chi connectivity index (χ1v) is 12.2. The van der Waals surface area contributed by atoms with E-state index in [9.17, 15) is 14.4 Å². The fourth-order valence-corrected chi connectivity index (χ4v) is 4.28. The van der Waals surface area contributed by atoms with E-state index in [0.717, 1.165) is 34.9 Å². The van der Waals surface area contributed by atoms with Crippen molar-refractivity contribution in [1.82, 2.24) is 9.55 Å². The molecule has 0 unspecified atom stereocenters. The summed E-state index contributed by atoms with van der Waals surface area (Å²) >= 11 is 0. The monoisotopic (exact) mass is 485 g/mol. The Bertz CT molecular complexity index is 1450. The van der Waals surface area contributed by atoms with Crippen molar-refractivity contribution in [3.8, 4) is 0 Å². The van der Waals surface area contributed by atoms with Crippen LogP contribution < -0.4 is 27.2 Å². The van der Waals surface area contributed by atoms with Gasteiger partial charge in [-0.05, 0) is 23.4 Å². The molecule has 36 heavy (non-hydrogen) atoms. The second-order valence-corrected chi connectivity index (χ2v) is 8.73. The third kappa shape index (κ3) is 5.66. The van der Waals surface area contributed by atoms with Gasteiger partial charge in [-0.25, -0.2) is 4.79 Å². The number of nitrogens with two attached hydrogens (primary N) is 1. The first-order valence-electron chi connectivity index (χ1n) is 12.2. The normalized spacial score (nSPS) is 10.9. The fraction of sp³-hybridized carbons (Fsp3) is 0.250. The SMILES string of the molecule is CCCCn1c(N)c(N(CCC(=O)Nc2cccc3ccccc23)Cc2ccccc2)c(=O)[nH]c1=O. The Hall–Kier alpha value is -4.33. The van der Waals surface area contributed by atoms with Gasteiger partial charge in [0.25, 0.3) is 5.56 Å². The first-order chi connectivity index (χ1) is 17.5. The van der Waals surface area contributed by atoms with Gasteiger partial charge < -0.3 is 16.0 Å². The standard InChI is InChI=1S/C28H31N5O3/c1-2-3-17-33-26(29)25(27(35)31-28(33)36)32(19-20-10-5-4-6-11-20)18-16-24(34)30-23-15-9-13-21-12-7-8-14-22(21)23/h4-15H,2-3,16-19,29H2,1H3,(H,30,34)(H,31,35,36). The summed E-state index contributed by atoms with van der Waals surface area (Å²) < 4.78 is 1.40. The Kier molecular flexibility index (Phi) is 7.85. The van der Waals surface area contributed by atoms with Crippen LogP contribution in [-0.2, 0) is 17.9 Å². The van der Waals surface area contributed by atoms with E-state index in [4.69, 9.17) is 5.73 Å². The number of amides is 1. The molecular formula is C28H31N5O3. The molecule has 1 amide bonds. The summed E-state index contributed by atoms with van der Waals surface area (Å²) in [7, 11) is 0. The van der Waals surface area contributed by atoms with Gasteiger partial charge in [-0.1, -0.05) is 80.1 Å². The highest BCUT2D eigenvalue weighted by Gasteiger charge is 2.20. The highest BCUT2D eigenvalue weighted by molar-refractivity contribution is 6.02. The van der Waals surface area contributed by atoms with Crippen LogP contribution >= 0.6 is 0 Å². The van der Waals surface area contributed by atoms with Gasteiger partial charge in [0.2, 0.25) is 5.91 Å². The molecule has 0 saturated heterocycles. The molecule has 0 atom stereocenters. The number of anilines is 3. The maximum atomic E-state index is 13.0. The van der Waals surface area contributed by atoms with Crippen molar-refractivity contribution in [2.75, 3.05) is 22.5 Å². The van der Waals surface area contributed by atoms with Gasteiger partial charge >= 0.3 is 5.69 Å². The lowest BCUT2D eigenvalue weighted by Crippen LogP contribution is -2.39. The molecule has 0 radical (unpaired) electrons. The summed E-state index contributed by atoms with van der Waals surface area (Å²) in [5, 5.41) is 4.99. The zero-order valence-electron chi connectivity index (χ0n) is 20.4. The molecule has 4 aromatic rings. The number of nitrogens with one attached hydrogen (secondary N) is 2. The number of aromatic amines is 1. The minimum Gasteiger partial charge on any atom is -0.383 e. The molecular weight excluding hydrogens is 454 g/mol. The van der Waals surface area contributed by atoms with E-state index in [2.05, 4.69) is 10.3 Å². The summed E-state index contributed by atoms with van der Waals surface area (Å²) in [6, 6.07) is 23.2. The topological polar surface area (TPSA) is 113 Å². The second kappa shape index (κ2) is 11.4. The van der Waals surface area contributed by atoms with Crippen molar-refractivity contribution in [2.24, 2.45) is 0 Å². The second-order valence-electron chi connectivity index (χ2n) is 8.73. The van der Waals surface area contributed by atoms with Crippen molar-refractivity contribution in [1.29, 1.82) is 0 Å². The number of aromatic nitrogens is 2. The number of H-pyrrole nitrogens is 1. The Balaban J connectivity index is 1.60. The summed E-state index contributed by atoms with van der Waals surface area (Å²) in [6.07, 6.45) is 1.76. The smallest absolute Gasteiger partial charge is 0.330 e. The third-order valence-electron chi connectivity index (χ3n) is 6.15. The molecule has 8 nitrogen and oxygen atoms in total. The molecule has 3 aromatic carbocycles. The number of hydrogen-bond donors (Lipinski definition) is 3. The summed E-state index contributed by atoms with van der Waals surface area (Å²) in [4.78, 5) is 42.5. The zero-order valence-corrected chi connectivity index (χ0v) is 20.4. The Morgan fingerprint density at radius 1 is 1.00 bits per heavy atom. The maximum absolute atomic E-state index is 13.0. The number of carbonyl (C=O) groups is 1. The highest BCUT2D eigenvalue weighted by Crippen LogP contribution is 2.24. The number of fused-ring (bicyclic) bond motifs is 1. The van der Waals surface area contributed by atoms with E-state index in [1.165, 1.54) is 4.57 Å².